The third kappa shape index (κ3) is 7.75. The highest BCUT2D eigenvalue weighted by Gasteiger charge is 2.13. The van der Waals surface area contributed by atoms with Gasteiger partial charge in [0.15, 0.2) is 0 Å². The van der Waals surface area contributed by atoms with Crippen LogP contribution in [0.1, 0.15) is 64.5 Å². The molecule has 2 aliphatic rings. The summed E-state index contributed by atoms with van der Waals surface area (Å²) in [7, 11) is 0. The lowest BCUT2D eigenvalue weighted by Crippen LogP contribution is -2.36. The zero-order valence-corrected chi connectivity index (χ0v) is 19.6. The van der Waals surface area contributed by atoms with Gasteiger partial charge < -0.3 is 19.3 Å². The van der Waals surface area contributed by atoms with Crippen molar-refractivity contribution in [2.24, 2.45) is 0 Å². The maximum atomic E-state index is 5.46. The average Bonchev–Trinajstić information content (AvgIpc) is 3.10. The summed E-state index contributed by atoms with van der Waals surface area (Å²) >= 11 is 0. The Labute approximate surface area is 195 Å². The Balaban J connectivity index is 0.000000220. The van der Waals surface area contributed by atoms with E-state index in [1.165, 1.54) is 22.5 Å². The van der Waals surface area contributed by atoms with Crippen molar-refractivity contribution in [1.29, 1.82) is 0 Å². The van der Waals surface area contributed by atoms with E-state index in [2.05, 4.69) is 59.6 Å². The van der Waals surface area contributed by atoms with Gasteiger partial charge in [0.05, 0.1) is 43.6 Å². The van der Waals surface area contributed by atoms with Crippen LogP contribution < -0.4 is 9.80 Å². The number of anilines is 2. The van der Waals surface area contributed by atoms with Crippen LogP contribution in [0.4, 0.5) is 11.4 Å². The standard InChI is InChI=1S/C13H20N2O.C12H18N2O.CH4/c1-11(2)12-8-13(10-14-9-12)15-4-3-6-16-7-5-15;1-10(2)11-7-12(9-13-8-11)14-3-5-15-6-4-14;/h8-11H,3-7H2,1-2H3;7-10H,3-6H2,1-2H3;1H4. The summed E-state index contributed by atoms with van der Waals surface area (Å²) < 4.78 is 10.8. The Hall–Kier alpha value is -2.18. The first-order valence-corrected chi connectivity index (χ1v) is 11.6. The van der Waals surface area contributed by atoms with Crippen LogP contribution in [0.25, 0.3) is 0 Å². The normalized spacial score (nSPS) is 16.8. The third-order valence-corrected chi connectivity index (χ3v) is 5.79. The minimum atomic E-state index is 0. The van der Waals surface area contributed by atoms with Crippen LogP contribution in [0.15, 0.2) is 36.9 Å². The SMILES string of the molecule is C.CC(C)c1cncc(N2CCCOCC2)c1.CC(C)c1cncc(N2CCOCC2)c1. The minimum absolute atomic E-state index is 0. The summed E-state index contributed by atoms with van der Waals surface area (Å²) in [5, 5.41) is 0. The molecular weight excluding hydrogens is 400 g/mol. The van der Waals surface area contributed by atoms with Gasteiger partial charge in [0.25, 0.3) is 0 Å². The van der Waals surface area contributed by atoms with Gasteiger partial charge in [0.2, 0.25) is 0 Å². The molecule has 178 valence electrons. The van der Waals surface area contributed by atoms with Gasteiger partial charge in [-0.05, 0) is 41.5 Å². The lowest BCUT2D eigenvalue weighted by molar-refractivity contribution is 0.122. The lowest BCUT2D eigenvalue weighted by atomic mass is 10.1. The summed E-state index contributed by atoms with van der Waals surface area (Å²) in [6.07, 6.45) is 8.91. The minimum Gasteiger partial charge on any atom is -0.380 e. The molecule has 0 radical (unpaired) electrons. The van der Waals surface area contributed by atoms with E-state index in [1.807, 2.05) is 24.8 Å². The first-order chi connectivity index (χ1) is 15.0. The van der Waals surface area contributed by atoms with Gasteiger partial charge >= 0.3 is 0 Å². The molecule has 0 spiro atoms. The van der Waals surface area contributed by atoms with Crippen molar-refractivity contribution in [2.75, 3.05) is 62.4 Å². The second-order valence-corrected chi connectivity index (χ2v) is 8.81. The first-order valence-electron chi connectivity index (χ1n) is 11.6. The molecule has 32 heavy (non-hydrogen) atoms. The van der Waals surface area contributed by atoms with Crippen molar-refractivity contribution >= 4 is 11.4 Å². The average molecular weight is 443 g/mol. The molecule has 2 fully saturated rings. The monoisotopic (exact) mass is 442 g/mol. The maximum Gasteiger partial charge on any atom is 0.0642 e. The molecule has 4 heterocycles. The molecule has 0 saturated carbocycles. The molecule has 2 aromatic heterocycles. The van der Waals surface area contributed by atoms with E-state index < -0.39 is 0 Å². The molecule has 0 atom stereocenters. The maximum absolute atomic E-state index is 5.46. The van der Waals surface area contributed by atoms with E-state index in [0.29, 0.717) is 11.8 Å². The van der Waals surface area contributed by atoms with E-state index in [9.17, 15) is 0 Å². The number of nitrogens with zero attached hydrogens (tertiary/aromatic N) is 4. The van der Waals surface area contributed by atoms with Gasteiger partial charge in [-0.15, -0.1) is 0 Å². The highest BCUT2D eigenvalue weighted by molar-refractivity contribution is 5.47. The van der Waals surface area contributed by atoms with Crippen LogP contribution in [0.2, 0.25) is 0 Å². The number of pyridine rings is 2. The zero-order valence-electron chi connectivity index (χ0n) is 19.6. The van der Waals surface area contributed by atoms with Crippen LogP contribution >= 0.6 is 0 Å². The van der Waals surface area contributed by atoms with Crippen LogP contribution in [-0.2, 0) is 9.47 Å². The number of morpholine rings is 1. The highest BCUT2D eigenvalue weighted by atomic mass is 16.5. The Morgan fingerprint density at radius 3 is 1.56 bits per heavy atom. The van der Waals surface area contributed by atoms with E-state index >= 15 is 0 Å². The van der Waals surface area contributed by atoms with Crippen molar-refractivity contribution in [3.05, 3.63) is 48.0 Å². The molecule has 0 amide bonds. The van der Waals surface area contributed by atoms with Gasteiger partial charge in [0.1, 0.15) is 0 Å². The molecule has 0 aliphatic carbocycles. The van der Waals surface area contributed by atoms with Gasteiger partial charge in [-0.3, -0.25) is 9.97 Å². The largest absolute Gasteiger partial charge is 0.380 e. The summed E-state index contributed by atoms with van der Waals surface area (Å²) in [6.45, 7) is 16.1. The molecule has 2 aliphatic heterocycles. The molecule has 0 aromatic carbocycles. The molecule has 4 rings (SSSR count). The smallest absolute Gasteiger partial charge is 0.0642 e. The summed E-state index contributed by atoms with van der Waals surface area (Å²) in [5.41, 5.74) is 5.07. The fraction of sp³-hybridized carbons (Fsp3) is 0.615. The summed E-state index contributed by atoms with van der Waals surface area (Å²) in [4.78, 5) is 13.3. The topological polar surface area (TPSA) is 50.7 Å². The molecule has 2 saturated heterocycles. The molecule has 0 unspecified atom stereocenters. The van der Waals surface area contributed by atoms with E-state index in [-0.39, 0.29) is 7.43 Å². The Kier molecular flexibility index (Phi) is 10.9. The molecule has 0 N–H and O–H groups in total. The summed E-state index contributed by atoms with van der Waals surface area (Å²) in [5.74, 6) is 1.08. The number of ether oxygens (including phenoxy) is 2. The number of hydrogen-bond donors (Lipinski definition) is 0. The van der Waals surface area contributed by atoms with Crippen molar-refractivity contribution in [3.63, 3.8) is 0 Å². The summed E-state index contributed by atoms with van der Waals surface area (Å²) in [6, 6.07) is 4.49. The van der Waals surface area contributed by atoms with Crippen molar-refractivity contribution in [1.82, 2.24) is 9.97 Å². The van der Waals surface area contributed by atoms with E-state index in [0.717, 1.165) is 59.0 Å². The van der Waals surface area contributed by atoms with Gasteiger partial charge in [-0.25, -0.2) is 0 Å². The second-order valence-electron chi connectivity index (χ2n) is 8.81. The Morgan fingerprint density at radius 1 is 0.656 bits per heavy atom. The zero-order chi connectivity index (χ0) is 22.1. The second kappa shape index (κ2) is 13.4. The predicted octanol–water partition coefficient (Wildman–Crippen LogP) is 5.11. The molecule has 6 heteroatoms. The van der Waals surface area contributed by atoms with Crippen molar-refractivity contribution in [3.8, 4) is 0 Å². The van der Waals surface area contributed by atoms with Gasteiger partial charge in [-0.2, -0.15) is 0 Å². The van der Waals surface area contributed by atoms with E-state index in [1.54, 1.807) is 0 Å². The molecule has 0 bridgehead atoms. The van der Waals surface area contributed by atoms with Crippen LogP contribution in [0.3, 0.4) is 0 Å². The van der Waals surface area contributed by atoms with Crippen LogP contribution in [0.5, 0.6) is 0 Å². The molecule has 2 aromatic rings. The van der Waals surface area contributed by atoms with Crippen molar-refractivity contribution < 1.29 is 9.47 Å². The first kappa shape index (κ1) is 26.1. The van der Waals surface area contributed by atoms with E-state index in [4.69, 9.17) is 9.47 Å². The molecular formula is C26H42N4O2. The number of aromatic nitrogens is 2. The van der Waals surface area contributed by atoms with Crippen LogP contribution in [-0.4, -0.2) is 62.6 Å². The molecule has 6 nitrogen and oxygen atoms in total. The number of hydrogen-bond acceptors (Lipinski definition) is 6. The Morgan fingerprint density at radius 2 is 1.09 bits per heavy atom. The van der Waals surface area contributed by atoms with Gasteiger partial charge in [0, 0.05) is 45.2 Å². The Bertz CT molecular complexity index is 783. The fourth-order valence-corrected chi connectivity index (χ4v) is 3.69. The quantitative estimate of drug-likeness (QED) is 0.656. The highest BCUT2D eigenvalue weighted by Crippen LogP contribution is 2.22. The lowest BCUT2D eigenvalue weighted by Gasteiger charge is -2.29. The predicted molar refractivity (Wildman–Crippen MR) is 134 cm³/mol. The fourth-order valence-electron chi connectivity index (χ4n) is 3.69. The van der Waals surface area contributed by atoms with Gasteiger partial charge in [-0.1, -0.05) is 35.1 Å². The third-order valence-electron chi connectivity index (χ3n) is 5.79. The van der Waals surface area contributed by atoms with Crippen molar-refractivity contribution in [2.45, 2.75) is 53.4 Å². The number of rotatable bonds is 4. The van der Waals surface area contributed by atoms with Crippen LogP contribution in [0, 0.1) is 0 Å².